The fraction of sp³-hybridized carbons (Fsp3) is 0.571. The molecule has 2 rings (SSSR count). The zero-order chi connectivity index (χ0) is 16.3. The van der Waals surface area contributed by atoms with Crippen molar-refractivity contribution >= 4 is 0 Å². The lowest BCUT2D eigenvalue weighted by molar-refractivity contribution is -0.282. The lowest BCUT2D eigenvalue weighted by Crippen LogP contribution is -2.60. The third-order valence-corrected chi connectivity index (χ3v) is 3.53. The Balaban J connectivity index is 2.17. The highest BCUT2D eigenvalue weighted by atomic mass is 16.7. The van der Waals surface area contributed by atoms with Crippen LogP contribution in [-0.2, 0) is 11.2 Å². The predicted molar refractivity (Wildman–Crippen MR) is 73.3 cm³/mol. The van der Waals surface area contributed by atoms with E-state index in [4.69, 9.17) is 14.6 Å². The number of aliphatic hydroxyl groups is 5. The first-order chi connectivity index (χ1) is 10.5. The van der Waals surface area contributed by atoms with E-state index in [9.17, 15) is 25.5 Å². The molecule has 1 aliphatic rings. The van der Waals surface area contributed by atoms with Crippen LogP contribution in [0.2, 0.25) is 0 Å². The predicted octanol–water partition coefficient (Wildman–Crippen LogP) is -1.89. The second kappa shape index (κ2) is 7.23. The normalized spacial score (nSPS) is 32.0. The molecular formula is C14H20O8. The van der Waals surface area contributed by atoms with Crippen molar-refractivity contribution < 1.29 is 40.1 Å². The van der Waals surface area contributed by atoms with Crippen LogP contribution < -0.4 is 4.74 Å². The van der Waals surface area contributed by atoms with Crippen molar-refractivity contribution in [1.29, 1.82) is 0 Å². The molecule has 1 heterocycles. The van der Waals surface area contributed by atoms with Gasteiger partial charge in [-0.15, -0.1) is 0 Å². The fourth-order valence-corrected chi connectivity index (χ4v) is 2.31. The van der Waals surface area contributed by atoms with E-state index < -0.39 is 37.3 Å². The van der Waals surface area contributed by atoms with Gasteiger partial charge in [-0.05, 0) is 24.1 Å². The average molecular weight is 316 g/mol. The van der Waals surface area contributed by atoms with E-state index in [1.165, 1.54) is 12.1 Å². The molecule has 8 heteroatoms. The van der Waals surface area contributed by atoms with Crippen LogP contribution in [0.25, 0.3) is 0 Å². The Morgan fingerprint density at radius 3 is 2.41 bits per heavy atom. The van der Waals surface area contributed by atoms with Crippen LogP contribution in [0, 0.1) is 0 Å². The molecule has 5 atom stereocenters. The molecular weight excluding hydrogens is 296 g/mol. The van der Waals surface area contributed by atoms with Gasteiger partial charge in [0.2, 0.25) is 0 Å². The Bertz CT molecular complexity index is 492. The molecule has 6 N–H and O–H groups in total. The van der Waals surface area contributed by atoms with E-state index >= 15 is 0 Å². The summed E-state index contributed by atoms with van der Waals surface area (Å²) in [4.78, 5) is 0. The molecule has 1 aliphatic heterocycles. The van der Waals surface area contributed by atoms with Crippen molar-refractivity contribution in [2.24, 2.45) is 0 Å². The minimum atomic E-state index is -1.63. The van der Waals surface area contributed by atoms with Gasteiger partial charge >= 0.3 is 0 Å². The first-order valence-corrected chi connectivity index (χ1v) is 6.88. The summed E-state index contributed by atoms with van der Waals surface area (Å²) in [5.74, 6) is -0.188. The second-order valence-corrected chi connectivity index (χ2v) is 5.09. The van der Waals surface area contributed by atoms with Crippen molar-refractivity contribution in [2.75, 3.05) is 13.2 Å². The minimum absolute atomic E-state index is 0.0244. The highest BCUT2D eigenvalue weighted by Gasteiger charge is 2.45. The molecule has 0 bridgehead atoms. The number of phenolic OH excluding ortho intramolecular Hbond substituents is 1. The van der Waals surface area contributed by atoms with E-state index in [0.29, 0.717) is 12.0 Å². The van der Waals surface area contributed by atoms with Crippen molar-refractivity contribution in [3.63, 3.8) is 0 Å². The van der Waals surface area contributed by atoms with Gasteiger partial charge in [-0.2, -0.15) is 0 Å². The van der Waals surface area contributed by atoms with Gasteiger partial charge in [0, 0.05) is 6.61 Å². The first-order valence-electron chi connectivity index (χ1n) is 6.88. The molecule has 0 unspecified atom stereocenters. The molecule has 1 aromatic rings. The average Bonchev–Trinajstić information content (AvgIpc) is 2.50. The zero-order valence-corrected chi connectivity index (χ0v) is 11.7. The quantitative estimate of drug-likeness (QED) is 0.370. The molecule has 0 radical (unpaired) electrons. The standard InChI is InChI=1S/C14H20O8/c15-4-3-7-1-2-9(8(17)5-7)21-13-10(6-16)22-14(20)12(19)11(13)18/h1-2,5,10-20H,3-4,6H2/t10-,11+,12-,13+,14-/m1/s1. The molecule has 0 spiro atoms. The lowest BCUT2D eigenvalue weighted by atomic mass is 9.99. The van der Waals surface area contributed by atoms with Crippen LogP contribution >= 0.6 is 0 Å². The molecule has 124 valence electrons. The van der Waals surface area contributed by atoms with Crippen molar-refractivity contribution in [1.82, 2.24) is 0 Å². The Labute approximate surface area is 126 Å². The number of aliphatic hydroxyl groups excluding tert-OH is 5. The molecule has 8 nitrogen and oxygen atoms in total. The summed E-state index contributed by atoms with van der Waals surface area (Å²) < 4.78 is 10.4. The largest absolute Gasteiger partial charge is 0.504 e. The number of ether oxygens (including phenoxy) is 2. The molecule has 1 aromatic carbocycles. The monoisotopic (exact) mass is 316 g/mol. The molecule has 1 saturated heterocycles. The van der Waals surface area contributed by atoms with Crippen LogP contribution in [-0.4, -0.2) is 74.6 Å². The number of hydrogen-bond acceptors (Lipinski definition) is 8. The molecule has 0 amide bonds. The number of hydrogen-bond donors (Lipinski definition) is 6. The summed E-state index contributed by atoms with van der Waals surface area (Å²) in [7, 11) is 0. The Morgan fingerprint density at radius 2 is 1.82 bits per heavy atom. The van der Waals surface area contributed by atoms with E-state index in [1.54, 1.807) is 6.07 Å². The van der Waals surface area contributed by atoms with Crippen molar-refractivity contribution in [2.45, 2.75) is 37.1 Å². The van der Waals surface area contributed by atoms with Crippen LogP contribution in [0.3, 0.4) is 0 Å². The lowest BCUT2D eigenvalue weighted by Gasteiger charge is -2.40. The smallest absolute Gasteiger partial charge is 0.184 e. The highest BCUT2D eigenvalue weighted by molar-refractivity contribution is 5.42. The molecule has 0 aromatic heterocycles. The SMILES string of the molecule is OCCc1ccc(O[C@@H]2[C@@H](O)[C@@H](O)[C@H](O)O[C@@H]2CO)c(O)c1. The van der Waals surface area contributed by atoms with Crippen LogP contribution in [0.5, 0.6) is 11.5 Å². The number of phenols is 1. The maximum atomic E-state index is 9.96. The van der Waals surface area contributed by atoms with E-state index in [1.807, 2.05) is 0 Å². The minimum Gasteiger partial charge on any atom is -0.504 e. The molecule has 0 saturated carbocycles. The summed E-state index contributed by atoms with van der Waals surface area (Å²) in [6.45, 7) is -0.611. The van der Waals surface area contributed by atoms with E-state index in [-0.39, 0.29) is 18.1 Å². The van der Waals surface area contributed by atoms with Gasteiger partial charge < -0.3 is 40.1 Å². The van der Waals surface area contributed by atoms with Gasteiger partial charge in [-0.25, -0.2) is 0 Å². The third-order valence-electron chi connectivity index (χ3n) is 3.53. The zero-order valence-electron chi connectivity index (χ0n) is 11.7. The number of aromatic hydroxyl groups is 1. The Hall–Kier alpha value is -1.42. The van der Waals surface area contributed by atoms with Crippen molar-refractivity contribution in [3.8, 4) is 11.5 Å². The third kappa shape index (κ3) is 3.49. The number of rotatable bonds is 5. The summed E-state index contributed by atoms with van der Waals surface area (Å²) in [5.41, 5.74) is 0.696. The van der Waals surface area contributed by atoms with Crippen LogP contribution in [0.1, 0.15) is 5.56 Å². The summed E-state index contributed by atoms with van der Waals surface area (Å²) in [6, 6.07) is 4.47. The Kier molecular flexibility index (Phi) is 5.57. The Morgan fingerprint density at radius 1 is 1.09 bits per heavy atom. The fourth-order valence-electron chi connectivity index (χ4n) is 2.31. The van der Waals surface area contributed by atoms with Gasteiger partial charge in [-0.1, -0.05) is 6.07 Å². The second-order valence-electron chi connectivity index (χ2n) is 5.09. The van der Waals surface area contributed by atoms with E-state index in [2.05, 4.69) is 0 Å². The van der Waals surface area contributed by atoms with Gasteiger partial charge in [0.15, 0.2) is 23.9 Å². The number of benzene rings is 1. The summed E-state index contributed by atoms with van der Waals surface area (Å²) in [6.07, 6.45) is -6.59. The molecule has 0 aliphatic carbocycles. The first kappa shape index (κ1) is 16.9. The van der Waals surface area contributed by atoms with E-state index in [0.717, 1.165) is 0 Å². The maximum absolute atomic E-state index is 9.96. The van der Waals surface area contributed by atoms with Gasteiger partial charge in [-0.3, -0.25) is 0 Å². The van der Waals surface area contributed by atoms with Gasteiger partial charge in [0.05, 0.1) is 6.61 Å². The highest BCUT2D eigenvalue weighted by Crippen LogP contribution is 2.31. The maximum Gasteiger partial charge on any atom is 0.184 e. The van der Waals surface area contributed by atoms with Crippen LogP contribution in [0.15, 0.2) is 18.2 Å². The molecule has 22 heavy (non-hydrogen) atoms. The van der Waals surface area contributed by atoms with Gasteiger partial charge in [0.25, 0.3) is 0 Å². The molecule has 1 fully saturated rings. The summed E-state index contributed by atoms with van der Waals surface area (Å²) >= 11 is 0. The summed E-state index contributed by atoms with van der Waals surface area (Å²) in [5, 5.41) is 57.0. The van der Waals surface area contributed by atoms with Crippen LogP contribution in [0.4, 0.5) is 0 Å². The topological polar surface area (TPSA) is 140 Å². The van der Waals surface area contributed by atoms with Crippen molar-refractivity contribution in [3.05, 3.63) is 23.8 Å². The van der Waals surface area contributed by atoms with Gasteiger partial charge in [0.1, 0.15) is 18.3 Å².